The summed E-state index contributed by atoms with van der Waals surface area (Å²) < 4.78 is 20.9. The molecule has 4 nitrogen and oxygen atoms in total. The summed E-state index contributed by atoms with van der Waals surface area (Å²) in [5, 5.41) is 9.18. The minimum atomic E-state index is -0.512. The zero-order valence-corrected chi connectivity index (χ0v) is 18.5. The molecule has 2 aromatic carbocycles. The van der Waals surface area contributed by atoms with E-state index in [1.807, 2.05) is 24.3 Å². The molecule has 0 radical (unpaired) electrons. The van der Waals surface area contributed by atoms with Crippen molar-refractivity contribution in [2.45, 2.75) is 39.5 Å². The van der Waals surface area contributed by atoms with Crippen LogP contribution in [0.15, 0.2) is 35.9 Å². The standard InChI is InChI=1S/C26H27FN2O2/c1-5-29(6-2)11-12-31-17-8-10-19-21(13-17)26(3,4)22-14-20-18(23(22)25(19)30)9-7-16(15-28)24(20)27/h7-10,13H,5-6,11-12,14H2,1-4H3. The van der Waals surface area contributed by atoms with E-state index in [1.54, 1.807) is 6.07 Å². The number of Topliss-reactive ketones (excluding diaryl/α,β-unsaturated/α-hetero) is 1. The average Bonchev–Trinajstić information content (AvgIpc) is 3.17. The number of hydrogen-bond donors (Lipinski definition) is 0. The maximum Gasteiger partial charge on any atom is 0.193 e. The third-order valence-corrected chi connectivity index (χ3v) is 6.75. The largest absolute Gasteiger partial charge is 0.492 e. The van der Waals surface area contributed by atoms with Crippen LogP contribution in [0, 0.1) is 17.1 Å². The van der Waals surface area contributed by atoms with Gasteiger partial charge in [0.25, 0.3) is 0 Å². The molecule has 0 unspecified atom stereocenters. The number of carbonyl (C=O) groups is 1. The Morgan fingerprint density at radius 3 is 2.55 bits per heavy atom. The number of nitrogens with zero attached hydrogens (tertiary/aromatic N) is 2. The van der Waals surface area contributed by atoms with Crippen molar-refractivity contribution >= 4 is 11.4 Å². The molecule has 0 aromatic heterocycles. The van der Waals surface area contributed by atoms with Crippen molar-refractivity contribution in [3.8, 4) is 11.8 Å². The average molecular weight is 419 g/mol. The number of likely N-dealkylation sites (N-methyl/N-ethyl adjacent to an activating group) is 1. The molecule has 0 amide bonds. The van der Waals surface area contributed by atoms with E-state index in [0.29, 0.717) is 35.3 Å². The first-order chi connectivity index (χ1) is 14.8. The first-order valence-electron chi connectivity index (χ1n) is 10.8. The maximum absolute atomic E-state index is 14.9. The van der Waals surface area contributed by atoms with E-state index in [0.717, 1.165) is 36.5 Å². The van der Waals surface area contributed by atoms with Crippen molar-refractivity contribution in [2.75, 3.05) is 26.2 Å². The Balaban J connectivity index is 1.68. The molecule has 2 aromatic rings. The lowest BCUT2D eigenvalue weighted by atomic mass is 9.68. The van der Waals surface area contributed by atoms with Gasteiger partial charge in [0.15, 0.2) is 5.78 Å². The molecule has 0 saturated heterocycles. The van der Waals surface area contributed by atoms with Crippen LogP contribution in [0.4, 0.5) is 4.39 Å². The second-order valence-electron chi connectivity index (χ2n) is 8.63. The van der Waals surface area contributed by atoms with Gasteiger partial charge in [0.1, 0.15) is 24.2 Å². The molecule has 31 heavy (non-hydrogen) atoms. The maximum atomic E-state index is 14.9. The summed E-state index contributed by atoms with van der Waals surface area (Å²) >= 11 is 0. The smallest absolute Gasteiger partial charge is 0.193 e. The second kappa shape index (κ2) is 7.94. The van der Waals surface area contributed by atoms with Crippen molar-refractivity contribution in [1.29, 1.82) is 5.26 Å². The van der Waals surface area contributed by atoms with Crippen LogP contribution in [0.25, 0.3) is 5.57 Å². The normalized spacial score (nSPS) is 16.1. The van der Waals surface area contributed by atoms with Gasteiger partial charge in [-0.15, -0.1) is 0 Å². The van der Waals surface area contributed by atoms with E-state index in [1.165, 1.54) is 6.07 Å². The van der Waals surface area contributed by atoms with Gasteiger partial charge >= 0.3 is 0 Å². The first-order valence-corrected chi connectivity index (χ1v) is 10.8. The second-order valence-corrected chi connectivity index (χ2v) is 8.63. The Hall–Kier alpha value is -2.97. The van der Waals surface area contributed by atoms with Gasteiger partial charge in [-0.3, -0.25) is 4.79 Å². The number of allylic oxidation sites excluding steroid dienone is 2. The number of rotatable bonds is 6. The highest BCUT2D eigenvalue weighted by molar-refractivity contribution is 6.33. The van der Waals surface area contributed by atoms with Gasteiger partial charge in [-0.05, 0) is 60.5 Å². The zero-order chi connectivity index (χ0) is 22.3. The monoisotopic (exact) mass is 418 g/mol. The predicted molar refractivity (Wildman–Crippen MR) is 119 cm³/mol. The van der Waals surface area contributed by atoms with Crippen LogP contribution < -0.4 is 4.74 Å². The lowest BCUT2D eigenvalue weighted by Crippen LogP contribution is -2.30. The molecule has 2 aliphatic carbocycles. The van der Waals surface area contributed by atoms with Gasteiger partial charge in [-0.25, -0.2) is 4.39 Å². The fraction of sp³-hybridized carbons (Fsp3) is 0.385. The van der Waals surface area contributed by atoms with Gasteiger partial charge in [-0.1, -0.05) is 33.8 Å². The molecular weight excluding hydrogens is 391 g/mol. The molecule has 0 atom stereocenters. The molecule has 160 valence electrons. The van der Waals surface area contributed by atoms with Crippen molar-refractivity contribution in [1.82, 2.24) is 4.90 Å². The van der Waals surface area contributed by atoms with E-state index in [9.17, 15) is 14.4 Å². The SMILES string of the molecule is CCN(CC)CCOc1ccc2c(c1)C(C)(C)C1=C(C2=O)c2ccc(C#N)c(F)c2C1. The summed E-state index contributed by atoms with van der Waals surface area (Å²) in [6.07, 6.45) is 0.344. The van der Waals surface area contributed by atoms with Crippen LogP contribution in [0.1, 0.15) is 60.3 Å². The van der Waals surface area contributed by atoms with E-state index >= 15 is 0 Å². The van der Waals surface area contributed by atoms with Crippen molar-refractivity contribution in [2.24, 2.45) is 0 Å². The summed E-state index contributed by atoms with van der Waals surface area (Å²) in [5.74, 6) is 0.147. The van der Waals surface area contributed by atoms with Crippen LogP contribution in [0.2, 0.25) is 0 Å². The predicted octanol–water partition coefficient (Wildman–Crippen LogP) is 4.90. The molecule has 4 rings (SSSR count). The third-order valence-electron chi connectivity index (χ3n) is 6.75. The molecule has 0 bridgehead atoms. The first kappa shape index (κ1) is 21.3. The van der Waals surface area contributed by atoms with Gasteiger partial charge in [0, 0.05) is 28.7 Å². The molecule has 0 fully saturated rings. The highest BCUT2D eigenvalue weighted by Crippen LogP contribution is 2.51. The van der Waals surface area contributed by atoms with Gasteiger partial charge in [-0.2, -0.15) is 5.26 Å². The van der Waals surface area contributed by atoms with Crippen LogP contribution in [0.3, 0.4) is 0 Å². The minimum Gasteiger partial charge on any atom is -0.492 e. The lowest BCUT2D eigenvalue weighted by Gasteiger charge is -2.34. The van der Waals surface area contributed by atoms with Crippen LogP contribution >= 0.6 is 0 Å². The Morgan fingerprint density at radius 2 is 1.87 bits per heavy atom. The Bertz CT molecular complexity index is 1140. The molecule has 5 heteroatoms. The van der Waals surface area contributed by atoms with Crippen LogP contribution in [-0.4, -0.2) is 36.9 Å². The molecule has 0 saturated carbocycles. The fourth-order valence-electron chi connectivity index (χ4n) is 4.79. The van der Waals surface area contributed by atoms with E-state index in [-0.39, 0.29) is 11.3 Å². The van der Waals surface area contributed by atoms with Crippen LogP contribution in [-0.2, 0) is 11.8 Å². The van der Waals surface area contributed by atoms with E-state index < -0.39 is 11.2 Å². The summed E-state index contributed by atoms with van der Waals surface area (Å²) in [6.45, 7) is 11.8. The Kier molecular flexibility index (Phi) is 5.45. The molecule has 0 aliphatic heterocycles. The number of benzene rings is 2. The zero-order valence-electron chi connectivity index (χ0n) is 18.5. The molecule has 0 N–H and O–H groups in total. The third kappa shape index (κ3) is 3.36. The highest BCUT2D eigenvalue weighted by atomic mass is 19.1. The van der Waals surface area contributed by atoms with Gasteiger partial charge < -0.3 is 9.64 Å². The number of halogens is 1. The van der Waals surface area contributed by atoms with Gasteiger partial charge in [0.2, 0.25) is 0 Å². The number of carbonyl (C=O) groups excluding carboxylic acids is 1. The molecular formula is C26H27FN2O2. The summed E-state index contributed by atoms with van der Waals surface area (Å²) in [7, 11) is 0. The molecule has 0 spiro atoms. The van der Waals surface area contributed by atoms with Crippen molar-refractivity contribution in [3.05, 3.63) is 69.5 Å². The Labute approximate surface area is 182 Å². The number of fused-ring (bicyclic) bond motifs is 3. The molecule has 2 aliphatic rings. The number of hydrogen-bond acceptors (Lipinski definition) is 4. The minimum absolute atomic E-state index is 0.0188. The molecule has 0 heterocycles. The summed E-state index contributed by atoms with van der Waals surface area (Å²) in [6, 6.07) is 10.7. The number of ether oxygens (including phenoxy) is 1. The van der Waals surface area contributed by atoms with Crippen LogP contribution in [0.5, 0.6) is 5.75 Å². The topological polar surface area (TPSA) is 53.3 Å². The van der Waals surface area contributed by atoms with E-state index in [2.05, 4.69) is 32.6 Å². The van der Waals surface area contributed by atoms with Crippen molar-refractivity contribution < 1.29 is 13.9 Å². The highest BCUT2D eigenvalue weighted by Gasteiger charge is 2.43. The Morgan fingerprint density at radius 1 is 1.16 bits per heavy atom. The van der Waals surface area contributed by atoms with Crippen molar-refractivity contribution in [3.63, 3.8) is 0 Å². The van der Waals surface area contributed by atoms with Gasteiger partial charge in [0.05, 0.1) is 5.56 Å². The fourth-order valence-corrected chi connectivity index (χ4v) is 4.79. The summed E-state index contributed by atoms with van der Waals surface area (Å²) in [4.78, 5) is 15.7. The number of nitriles is 1. The quantitative estimate of drug-likeness (QED) is 0.669. The number of ketones is 1. The summed E-state index contributed by atoms with van der Waals surface area (Å²) in [5.41, 5.74) is 3.69. The lowest BCUT2D eigenvalue weighted by molar-refractivity contribution is 0.105. The van der Waals surface area contributed by atoms with E-state index in [4.69, 9.17) is 4.74 Å².